The van der Waals surface area contributed by atoms with Crippen molar-refractivity contribution in [1.29, 1.82) is 0 Å². The van der Waals surface area contributed by atoms with Gasteiger partial charge in [0.05, 0.1) is 6.04 Å². The Morgan fingerprint density at radius 1 is 1.16 bits per heavy atom. The highest BCUT2D eigenvalue weighted by molar-refractivity contribution is 5.78. The van der Waals surface area contributed by atoms with Crippen molar-refractivity contribution < 1.29 is 18.3 Å². The molecule has 0 saturated carbocycles. The molecule has 1 fully saturated rings. The van der Waals surface area contributed by atoms with E-state index in [0.717, 1.165) is 30.5 Å². The van der Waals surface area contributed by atoms with Gasteiger partial charge in [0.2, 0.25) is 0 Å². The van der Waals surface area contributed by atoms with Crippen LogP contribution in [-0.2, 0) is 4.79 Å². The normalized spacial score (nSPS) is 17.0. The lowest BCUT2D eigenvalue weighted by atomic mass is 9.99. The summed E-state index contributed by atoms with van der Waals surface area (Å²) in [5, 5.41) is 0. The zero-order chi connectivity index (χ0) is 18.0. The van der Waals surface area contributed by atoms with E-state index in [1.807, 2.05) is 13.8 Å². The second kappa shape index (κ2) is 7.21. The van der Waals surface area contributed by atoms with E-state index in [0.29, 0.717) is 6.54 Å². The second-order valence-corrected chi connectivity index (χ2v) is 6.53. The number of halogens is 2. The number of rotatable bonds is 4. The van der Waals surface area contributed by atoms with Gasteiger partial charge in [0.15, 0.2) is 18.2 Å². The fraction of sp³-hybridized carbons (Fsp3) is 0.350. The summed E-state index contributed by atoms with van der Waals surface area (Å²) in [7, 11) is 0. The molecule has 2 aromatic carbocycles. The minimum absolute atomic E-state index is 0.0211. The minimum Gasteiger partial charge on any atom is -0.481 e. The molecule has 1 saturated heterocycles. The molecule has 3 rings (SSSR count). The van der Waals surface area contributed by atoms with Gasteiger partial charge in [-0.25, -0.2) is 8.78 Å². The van der Waals surface area contributed by atoms with Crippen molar-refractivity contribution in [3.63, 3.8) is 0 Å². The molecule has 0 N–H and O–H groups in total. The first kappa shape index (κ1) is 17.4. The SMILES string of the molecule is Cc1cc(C)cc(C2CCCN2C(=O)COc2ccc(F)cc2F)c1. The zero-order valence-electron chi connectivity index (χ0n) is 14.4. The summed E-state index contributed by atoms with van der Waals surface area (Å²) in [5.74, 6) is -1.78. The Hall–Kier alpha value is -2.43. The highest BCUT2D eigenvalue weighted by Crippen LogP contribution is 2.33. The first-order valence-corrected chi connectivity index (χ1v) is 8.39. The number of ether oxygens (including phenoxy) is 1. The first-order chi connectivity index (χ1) is 11.9. The topological polar surface area (TPSA) is 29.5 Å². The van der Waals surface area contributed by atoms with Crippen LogP contribution in [0.2, 0.25) is 0 Å². The van der Waals surface area contributed by atoms with Crippen LogP contribution in [-0.4, -0.2) is 24.0 Å². The number of carbonyl (C=O) groups excluding carboxylic acids is 1. The van der Waals surface area contributed by atoms with E-state index >= 15 is 0 Å². The van der Waals surface area contributed by atoms with E-state index < -0.39 is 11.6 Å². The number of aryl methyl sites for hydroxylation is 2. The van der Waals surface area contributed by atoms with Crippen molar-refractivity contribution in [2.75, 3.05) is 13.2 Å². The Bertz CT molecular complexity index is 771. The molecule has 0 aliphatic carbocycles. The summed E-state index contributed by atoms with van der Waals surface area (Å²) in [4.78, 5) is 14.3. The van der Waals surface area contributed by atoms with Gasteiger partial charge >= 0.3 is 0 Å². The summed E-state index contributed by atoms with van der Waals surface area (Å²) in [6.45, 7) is 4.48. The summed E-state index contributed by atoms with van der Waals surface area (Å²) in [5.41, 5.74) is 3.45. The lowest BCUT2D eigenvalue weighted by molar-refractivity contribution is -0.134. The smallest absolute Gasteiger partial charge is 0.261 e. The lowest BCUT2D eigenvalue weighted by Crippen LogP contribution is -2.34. The summed E-state index contributed by atoms with van der Waals surface area (Å²) >= 11 is 0. The van der Waals surface area contributed by atoms with Gasteiger partial charge in [0.25, 0.3) is 5.91 Å². The molecule has 1 amide bonds. The maximum absolute atomic E-state index is 13.6. The molecular formula is C20H21F2NO2. The number of hydrogen-bond donors (Lipinski definition) is 0. The van der Waals surface area contributed by atoms with Crippen molar-refractivity contribution >= 4 is 5.91 Å². The largest absolute Gasteiger partial charge is 0.481 e. The molecule has 0 bridgehead atoms. The van der Waals surface area contributed by atoms with Crippen molar-refractivity contribution in [2.45, 2.75) is 32.7 Å². The molecule has 1 heterocycles. The van der Waals surface area contributed by atoms with E-state index in [1.54, 1.807) is 4.90 Å². The molecule has 3 nitrogen and oxygen atoms in total. The van der Waals surface area contributed by atoms with Crippen molar-refractivity contribution in [2.24, 2.45) is 0 Å². The summed E-state index contributed by atoms with van der Waals surface area (Å²) in [6, 6.07) is 9.38. The predicted molar refractivity (Wildman–Crippen MR) is 91.5 cm³/mol. The number of amides is 1. The van der Waals surface area contributed by atoms with Crippen LogP contribution >= 0.6 is 0 Å². The van der Waals surface area contributed by atoms with Crippen molar-refractivity contribution in [3.8, 4) is 5.75 Å². The fourth-order valence-corrected chi connectivity index (χ4v) is 3.43. The molecule has 1 aliphatic rings. The number of carbonyl (C=O) groups is 1. The molecule has 2 aromatic rings. The monoisotopic (exact) mass is 345 g/mol. The van der Waals surface area contributed by atoms with Gasteiger partial charge in [-0.2, -0.15) is 0 Å². The van der Waals surface area contributed by atoms with Crippen LogP contribution in [0.5, 0.6) is 5.75 Å². The first-order valence-electron chi connectivity index (χ1n) is 8.39. The molecule has 5 heteroatoms. The fourth-order valence-electron chi connectivity index (χ4n) is 3.43. The molecule has 25 heavy (non-hydrogen) atoms. The Labute approximate surface area is 146 Å². The van der Waals surface area contributed by atoms with Crippen molar-refractivity contribution in [3.05, 3.63) is 64.7 Å². The highest BCUT2D eigenvalue weighted by atomic mass is 19.1. The molecule has 1 unspecified atom stereocenters. The van der Waals surface area contributed by atoms with Crippen LogP contribution in [0.25, 0.3) is 0 Å². The molecule has 0 aromatic heterocycles. The maximum Gasteiger partial charge on any atom is 0.261 e. The van der Waals surface area contributed by atoms with Crippen LogP contribution in [0.3, 0.4) is 0 Å². The van der Waals surface area contributed by atoms with Gasteiger partial charge in [-0.1, -0.05) is 29.3 Å². The third-order valence-electron chi connectivity index (χ3n) is 4.45. The van der Waals surface area contributed by atoms with Gasteiger partial charge in [-0.05, 0) is 44.4 Å². The van der Waals surface area contributed by atoms with Gasteiger partial charge in [0, 0.05) is 12.6 Å². The Morgan fingerprint density at radius 3 is 2.56 bits per heavy atom. The molecule has 1 aliphatic heterocycles. The average molecular weight is 345 g/mol. The molecule has 132 valence electrons. The summed E-state index contributed by atoms with van der Waals surface area (Å²) < 4.78 is 31.8. The summed E-state index contributed by atoms with van der Waals surface area (Å²) in [6.07, 6.45) is 1.83. The molecule has 0 radical (unpaired) electrons. The number of likely N-dealkylation sites (tertiary alicyclic amines) is 1. The minimum atomic E-state index is -0.805. The standard InChI is InChI=1S/C20H21F2NO2/c1-13-8-14(2)10-15(9-13)18-4-3-7-23(18)20(24)12-25-19-6-5-16(21)11-17(19)22/h5-6,8-11,18H,3-4,7,12H2,1-2H3. The zero-order valence-corrected chi connectivity index (χ0v) is 14.4. The third-order valence-corrected chi connectivity index (χ3v) is 4.45. The molecule has 1 atom stereocenters. The Kier molecular flexibility index (Phi) is 5.02. The third kappa shape index (κ3) is 3.98. The Morgan fingerprint density at radius 2 is 1.88 bits per heavy atom. The van der Waals surface area contributed by atoms with E-state index in [9.17, 15) is 13.6 Å². The number of hydrogen-bond acceptors (Lipinski definition) is 2. The number of nitrogens with zero attached hydrogens (tertiary/aromatic N) is 1. The van der Waals surface area contributed by atoms with Crippen LogP contribution < -0.4 is 4.74 Å². The van der Waals surface area contributed by atoms with Crippen LogP contribution in [0, 0.1) is 25.5 Å². The van der Waals surface area contributed by atoms with Gasteiger partial charge in [0.1, 0.15) is 5.82 Å². The van der Waals surface area contributed by atoms with E-state index in [-0.39, 0.29) is 24.3 Å². The van der Waals surface area contributed by atoms with Crippen molar-refractivity contribution in [1.82, 2.24) is 4.90 Å². The van der Waals surface area contributed by atoms with Gasteiger partial charge in [-0.3, -0.25) is 4.79 Å². The predicted octanol–water partition coefficient (Wildman–Crippen LogP) is 4.32. The van der Waals surface area contributed by atoms with E-state index in [2.05, 4.69) is 18.2 Å². The molecule has 0 spiro atoms. The number of benzene rings is 2. The highest BCUT2D eigenvalue weighted by Gasteiger charge is 2.30. The van der Waals surface area contributed by atoms with Crippen LogP contribution in [0.1, 0.15) is 35.6 Å². The van der Waals surface area contributed by atoms with E-state index in [4.69, 9.17) is 4.74 Å². The Balaban J connectivity index is 1.70. The molecular weight excluding hydrogens is 324 g/mol. The van der Waals surface area contributed by atoms with Crippen LogP contribution in [0.15, 0.2) is 36.4 Å². The quantitative estimate of drug-likeness (QED) is 0.826. The maximum atomic E-state index is 13.6. The average Bonchev–Trinajstić information content (AvgIpc) is 3.02. The van der Waals surface area contributed by atoms with Crippen LogP contribution in [0.4, 0.5) is 8.78 Å². The van der Waals surface area contributed by atoms with E-state index in [1.165, 1.54) is 17.2 Å². The lowest BCUT2D eigenvalue weighted by Gasteiger charge is -2.25. The van der Waals surface area contributed by atoms with Gasteiger partial charge < -0.3 is 9.64 Å². The second-order valence-electron chi connectivity index (χ2n) is 6.53. The van der Waals surface area contributed by atoms with Gasteiger partial charge in [-0.15, -0.1) is 0 Å².